The number of nitrogens with zero attached hydrogens (tertiary/aromatic N) is 4. The van der Waals surface area contributed by atoms with E-state index >= 15 is 0 Å². The van der Waals surface area contributed by atoms with E-state index in [1.54, 1.807) is 0 Å². The molecule has 1 aliphatic rings. The molecule has 158 valence electrons. The molecule has 0 aliphatic carbocycles. The highest BCUT2D eigenvalue weighted by molar-refractivity contribution is 5.80. The van der Waals surface area contributed by atoms with Crippen molar-refractivity contribution >= 4 is 11.6 Å². The number of aryl methyl sites for hydroxylation is 1. The molecule has 0 bridgehead atoms. The lowest BCUT2D eigenvalue weighted by molar-refractivity contribution is 0.317. The maximum atomic E-state index is 6.00. The summed E-state index contributed by atoms with van der Waals surface area (Å²) in [6.45, 7) is 7.68. The number of anilines is 1. The van der Waals surface area contributed by atoms with E-state index in [1.807, 2.05) is 37.1 Å². The highest BCUT2D eigenvalue weighted by Gasteiger charge is 2.21. The molecule has 1 aromatic carbocycles. The molecule has 7 nitrogen and oxygen atoms in total. The second kappa shape index (κ2) is 10.2. The Hall–Kier alpha value is -2.70. The van der Waals surface area contributed by atoms with Crippen LogP contribution in [0.15, 0.2) is 41.7 Å². The van der Waals surface area contributed by atoms with Gasteiger partial charge in [-0.25, -0.2) is 0 Å². The van der Waals surface area contributed by atoms with Gasteiger partial charge in [-0.1, -0.05) is 32.0 Å². The highest BCUT2D eigenvalue weighted by Crippen LogP contribution is 2.25. The van der Waals surface area contributed by atoms with Crippen LogP contribution in [0.5, 0.6) is 5.75 Å². The molecule has 0 radical (unpaired) electrons. The van der Waals surface area contributed by atoms with E-state index in [1.165, 1.54) is 11.3 Å². The maximum Gasteiger partial charge on any atom is 0.191 e. The molecule has 29 heavy (non-hydrogen) atoms. The van der Waals surface area contributed by atoms with Crippen molar-refractivity contribution in [3.05, 3.63) is 42.2 Å². The van der Waals surface area contributed by atoms with Gasteiger partial charge in [0.25, 0.3) is 0 Å². The second-order valence-corrected chi connectivity index (χ2v) is 7.84. The molecular formula is C22H34N6O. The number of piperidine rings is 1. The third kappa shape index (κ3) is 5.89. The predicted octanol–water partition coefficient (Wildman–Crippen LogP) is 2.76. The summed E-state index contributed by atoms with van der Waals surface area (Å²) in [6, 6.07) is 8.61. The third-order valence-corrected chi connectivity index (χ3v) is 5.24. The van der Waals surface area contributed by atoms with Gasteiger partial charge in [0, 0.05) is 39.4 Å². The minimum absolute atomic E-state index is 0.359. The van der Waals surface area contributed by atoms with Gasteiger partial charge in [0.1, 0.15) is 12.4 Å². The summed E-state index contributed by atoms with van der Waals surface area (Å²) in [5, 5.41) is 11.2. The zero-order valence-corrected chi connectivity index (χ0v) is 18.1. The molecule has 0 amide bonds. The Balaban J connectivity index is 1.45. The van der Waals surface area contributed by atoms with Crippen LogP contribution in [0.4, 0.5) is 5.69 Å². The standard InChI is InChI=1S/C22H34N6O/c1-17(2)20-9-5-6-10-21(20)29-13-11-24-22(23-3)26-18-8-7-12-28(15-18)19-14-25-27(4)16-19/h5-6,9-10,14,16-18H,7-8,11-13,15H2,1-4H3,(H2,23,24,26). The molecule has 2 heterocycles. The van der Waals surface area contributed by atoms with Gasteiger partial charge in [0.15, 0.2) is 5.96 Å². The quantitative estimate of drug-likeness (QED) is 0.426. The SMILES string of the molecule is CN=C(NCCOc1ccccc1C(C)C)NC1CCCN(c2cnn(C)c2)C1. The first-order valence-electron chi connectivity index (χ1n) is 10.5. The lowest BCUT2D eigenvalue weighted by Gasteiger charge is -2.34. The normalized spacial score (nSPS) is 17.5. The van der Waals surface area contributed by atoms with E-state index in [9.17, 15) is 0 Å². The molecule has 1 unspecified atom stereocenters. The summed E-state index contributed by atoms with van der Waals surface area (Å²) in [7, 11) is 3.77. The first-order valence-corrected chi connectivity index (χ1v) is 10.5. The average molecular weight is 399 g/mol. The molecule has 0 spiro atoms. The summed E-state index contributed by atoms with van der Waals surface area (Å²) < 4.78 is 7.85. The fourth-order valence-corrected chi connectivity index (χ4v) is 3.71. The van der Waals surface area contributed by atoms with Crippen molar-refractivity contribution in [2.75, 3.05) is 38.2 Å². The predicted molar refractivity (Wildman–Crippen MR) is 119 cm³/mol. The largest absolute Gasteiger partial charge is 0.491 e. The first-order chi connectivity index (χ1) is 14.1. The molecule has 2 aromatic rings. The number of para-hydroxylation sites is 1. The van der Waals surface area contributed by atoms with Crippen molar-refractivity contribution in [3.63, 3.8) is 0 Å². The maximum absolute atomic E-state index is 6.00. The molecule has 0 saturated carbocycles. The van der Waals surface area contributed by atoms with E-state index in [2.05, 4.69) is 57.8 Å². The van der Waals surface area contributed by atoms with E-state index in [0.29, 0.717) is 25.1 Å². The third-order valence-electron chi connectivity index (χ3n) is 5.24. The first kappa shape index (κ1) is 21.0. The number of ether oxygens (including phenoxy) is 1. The van der Waals surface area contributed by atoms with Crippen molar-refractivity contribution in [1.82, 2.24) is 20.4 Å². The number of hydrogen-bond acceptors (Lipinski definition) is 4. The molecule has 1 aromatic heterocycles. The number of hydrogen-bond donors (Lipinski definition) is 2. The summed E-state index contributed by atoms with van der Waals surface area (Å²) in [4.78, 5) is 6.76. The molecule has 1 atom stereocenters. The summed E-state index contributed by atoms with van der Waals surface area (Å²) >= 11 is 0. The van der Waals surface area contributed by atoms with Crippen LogP contribution < -0.4 is 20.3 Å². The monoisotopic (exact) mass is 398 g/mol. The average Bonchev–Trinajstić information content (AvgIpc) is 3.17. The minimum Gasteiger partial charge on any atom is -0.491 e. The number of guanidine groups is 1. The Bertz CT molecular complexity index is 800. The van der Waals surface area contributed by atoms with Gasteiger partial charge in [-0.15, -0.1) is 0 Å². The van der Waals surface area contributed by atoms with Gasteiger partial charge < -0.3 is 20.3 Å². The Morgan fingerprint density at radius 1 is 1.34 bits per heavy atom. The molecule has 2 N–H and O–H groups in total. The lowest BCUT2D eigenvalue weighted by Crippen LogP contribution is -2.51. The zero-order valence-electron chi connectivity index (χ0n) is 18.1. The van der Waals surface area contributed by atoms with Gasteiger partial charge in [-0.05, 0) is 30.4 Å². The minimum atomic E-state index is 0.359. The molecule has 1 saturated heterocycles. The van der Waals surface area contributed by atoms with Gasteiger partial charge in [0.2, 0.25) is 0 Å². The Kier molecular flexibility index (Phi) is 7.38. The number of aromatic nitrogens is 2. The molecule has 1 fully saturated rings. The number of aliphatic imine (C=N–C) groups is 1. The summed E-state index contributed by atoms with van der Waals surface area (Å²) in [6.07, 6.45) is 6.29. The molecular weight excluding hydrogens is 364 g/mol. The molecule has 1 aliphatic heterocycles. The number of nitrogens with one attached hydrogen (secondary N) is 2. The number of rotatable bonds is 7. The van der Waals surface area contributed by atoms with Crippen molar-refractivity contribution < 1.29 is 4.74 Å². The van der Waals surface area contributed by atoms with Crippen LogP contribution in [0.2, 0.25) is 0 Å². The summed E-state index contributed by atoms with van der Waals surface area (Å²) in [5.41, 5.74) is 2.42. The summed E-state index contributed by atoms with van der Waals surface area (Å²) in [5.74, 6) is 2.23. The van der Waals surface area contributed by atoms with E-state index < -0.39 is 0 Å². The molecule has 7 heteroatoms. The second-order valence-electron chi connectivity index (χ2n) is 7.84. The van der Waals surface area contributed by atoms with Crippen LogP contribution in [0.3, 0.4) is 0 Å². The number of benzene rings is 1. The van der Waals surface area contributed by atoms with Crippen molar-refractivity contribution in [1.29, 1.82) is 0 Å². The van der Waals surface area contributed by atoms with Gasteiger partial charge in [-0.3, -0.25) is 9.67 Å². The van der Waals surface area contributed by atoms with Crippen molar-refractivity contribution in [2.45, 2.75) is 38.6 Å². The van der Waals surface area contributed by atoms with E-state index in [0.717, 1.165) is 37.6 Å². The van der Waals surface area contributed by atoms with Crippen LogP contribution in [-0.2, 0) is 7.05 Å². The fraction of sp³-hybridized carbons (Fsp3) is 0.545. The van der Waals surface area contributed by atoms with Gasteiger partial charge >= 0.3 is 0 Å². The van der Waals surface area contributed by atoms with Crippen molar-refractivity contribution in [2.24, 2.45) is 12.0 Å². The highest BCUT2D eigenvalue weighted by atomic mass is 16.5. The lowest BCUT2D eigenvalue weighted by atomic mass is 10.0. The van der Waals surface area contributed by atoms with Gasteiger partial charge in [-0.2, -0.15) is 5.10 Å². The van der Waals surface area contributed by atoms with Crippen LogP contribution in [0.1, 0.15) is 38.2 Å². The van der Waals surface area contributed by atoms with E-state index in [4.69, 9.17) is 4.74 Å². The zero-order chi connectivity index (χ0) is 20.6. The Morgan fingerprint density at radius 2 is 2.17 bits per heavy atom. The smallest absolute Gasteiger partial charge is 0.191 e. The fourth-order valence-electron chi connectivity index (χ4n) is 3.71. The van der Waals surface area contributed by atoms with Gasteiger partial charge in [0.05, 0.1) is 18.4 Å². The topological polar surface area (TPSA) is 66.7 Å². The molecule has 3 rings (SSSR count). The van der Waals surface area contributed by atoms with E-state index in [-0.39, 0.29) is 0 Å². The van der Waals surface area contributed by atoms with Crippen molar-refractivity contribution in [3.8, 4) is 5.75 Å². The van der Waals surface area contributed by atoms with Crippen LogP contribution in [-0.4, -0.2) is 55.1 Å². The van der Waals surface area contributed by atoms with Crippen LogP contribution in [0.25, 0.3) is 0 Å². The Morgan fingerprint density at radius 3 is 2.90 bits per heavy atom. The van der Waals surface area contributed by atoms with Crippen LogP contribution >= 0.6 is 0 Å². The Labute approximate surface area is 174 Å². The van der Waals surface area contributed by atoms with Crippen LogP contribution in [0, 0.1) is 0 Å².